The van der Waals surface area contributed by atoms with Crippen LogP contribution in [0.2, 0.25) is 0 Å². The Labute approximate surface area is 360 Å². The highest BCUT2D eigenvalue weighted by molar-refractivity contribution is 6.23. The van der Waals surface area contributed by atoms with Gasteiger partial charge in [0.1, 0.15) is 19.3 Å². The standard InChI is InChI=1S/C39H36F16N2O9/c40-32(41,19-65-18-24-7-6-23-5-4-21-2-1-3-22-8-9-25(24)30(23)29(21)22)34(44,45)36(48,49)38(52,53)39(54,55)37(50,51)35(46,47)33(42,43)20-66-26(31(56)62)10-12-63-14-15-64-13-11-57(16-27(58)59)17-28(60)61/h1-9,26H,10-20H2,(H2,56,62)(H,58,59)(H,60,61). The summed E-state index contributed by atoms with van der Waals surface area (Å²) in [6.45, 7) is -10.9. The Balaban J connectivity index is 1.40. The highest BCUT2D eigenvalue weighted by Crippen LogP contribution is 2.64. The number of hydrogen-bond donors (Lipinski definition) is 3. The molecule has 11 nitrogen and oxygen atoms in total. The number of carbonyl (C=O) groups excluding carboxylic acids is 1. The molecule has 0 aliphatic rings. The van der Waals surface area contributed by atoms with E-state index in [-0.39, 0.29) is 30.7 Å². The number of aliphatic carboxylic acids is 2. The second kappa shape index (κ2) is 19.7. The molecule has 0 heterocycles. The minimum atomic E-state index is -8.69. The quantitative estimate of drug-likeness (QED) is 0.0290. The van der Waals surface area contributed by atoms with Crippen LogP contribution in [0.25, 0.3) is 32.3 Å². The van der Waals surface area contributed by atoms with Gasteiger partial charge >= 0.3 is 59.3 Å². The van der Waals surface area contributed by atoms with Crippen LogP contribution in [0.3, 0.4) is 0 Å². The molecule has 0 aliphatic carbocycles. The number of primary amides is 1. The van der Waals surface area contributed by atoms with Gasteiger partial charge in [-0.3, -0.25) is 19.3 Å². The number of rotatable bonds is 28. The van der Waals surface area contributed by atoms with Gasteiger partial charge in [0, 0.05) is 19.6 Å². The van der Waals surface area contributed by atoms with Gasteiger partial charge in [0.05, 0.1) is 39.5 Å². The third kappa shape index (κ3) is 10.3. The van der Waals surface area contributed by atoms with E-state index < -0.39 is 124 Å². The Bertz CT molecular complexity index is 2300. The van der Waals surface area contributed by atoms with E-state index >= 15 is 0 Å². The first-order chi connectivity index (χ1) is 30.3. The molecule has 27 heteroatoms. The molecule has 0 saturated carbocycles. The molecule has 4 aromatic rings. The minimum absolute atomic E-state index is 0.0782. The average molecular weight is 981 g/mol. The van der Waals surface area contributed by atoms with Crippen LogP contribution in [0, 0.1) is 0 Å². The molecule has 0 saturated heterocycles. The summed E-state index contributed by atoms with van der Waals surface area (Å²) in [4.78, 5) is 34.2. The molecule has 1 atom stereocenters. The number of hydrogen-bond acceptors (Lipinski definition) is 8. The van der Waals surface area contributed by atoms with Crippen LogP contribution < -0.4 is 5.73 Å². The summed E-state index contributed by atoms with van der Waals surface area (Å²) in [7, 11) is 0. The van der Waals surface area contributed by atoms with Crippen LogP contribution >= 0.6 is 0 Å². The second-order valence-electron chi connectivity index (χ2n) is 14.6. The van der Waals surface area contributed by atoms with Crippen molar-refractivity contribution in [2.24, 2.45) is 5.73 Å². The summed E-state index contributed by atoms with van der Waals surface area (Å²) < 4.78 is 252. The maximum atomic E-state index is 14.7. The molecule has 0 bridgehead atoms. The van der Waals surface area contributed by atoms with Gasteiger partial charge in [0.2, 0.25) is 5.91 Å². The van der Waals surface area contributed by atoms with Crippen LogP contribution in [0.1, 0.15) is 12.0 Å². The first kappa shape index (κ1) is 53.6. The first-order valence-corrected chi connectivity index (χ1v) is 18.8. The van der Waals surface area contributed by atoms with Crippen LogP contribution in [0.5, 0.6) is 0 Å². The summed E-state index contributed by atoms with van der Waals surface area (Å²) in [6.07, 6.45) is -3.55. The summed E-state index contributed by atoms with van der Waals surface area (Å²) in [5, 5.41) is 20.9. The predicted molar refractivity (Wildman–Crippen MR) is 196 cm³/mol. The molecule has 1 amide bonds. The van der Waals surface area contributed by atoms with Gasteiger partial charge in [-0.15, -0.1) is 0 Å². The lowest BCUT2D eigenvalue weighted by molar-refractivity contribution is -0.455. The maximum Gasteiger partial charge on any atom is 0.385 e. The van der Waals surface area contributed by atoms with E-state index in [1.165, 1.54) is 18.2 Å². The van der Waals surface area contributed by atoms with Gasteiger partial charge in [-0.25, -0.2) is 0 Å². The number of amides is 1. The third-order valence-corrected chi connectivity index (χ3v) is 10.00. The van der Waals surface area contributed by atoms with E-state index in [0.29, 0.717) is 26.9 Å². The van der Waals surface area contributed by atoms with Crippen molar-refractivity contribution < 1.29 is 114 Å². The SMILES string of the molecule is NC(=O)C(CCOCCOCCN(CC(=O)O)CC(=O)O)OCC(F)(F)C(F)(F)C(F)(F)C(F)(F)C(F)(F)C(F)(F)C(F)(F)C(F)(F)COCc1ccc2ccc3cccc4ccc1c2c34. The Morgan fingerprint density at radius 2 is 0.985 bits per heavy atom. The molecule has 0 fully saturated rings. The normalized spacial score (nSPS) is 14.5. The van der Waals surface area contributed by atoms with E-state index in [2.05, 4.69) is 9.47 Å². The molecule has 0 radical (unpaired) electrons. The number of carboxylic acids is 2. The maximum absolute atomic E-state index is 14.7. The van der Waals surface area contributed by atoms with Crippen molar-refractivity contribution in [1.82, 2.24) is 4.90 Å². The summed E-state index contributed by atoms with van der Waals surface area (Å²) in [5.74, 6) is -68.2. The zero-order chi connectivity index (χ0) is 49.9. The van der Waals surface area contributed by atoms with Crippen LogP contribution in [-0.2, 0) is 39.9 Å². The van der Waals surface area contributed by atoms with Crippen molar-refractivity contribution >= 4 is 50.2 Å². The zero-order valence-electron chi connectivity index (χ0n) is 33.4. The van der Waals surface area contributed by atoms with Crippen LogP contribution in [-0.4, -0.2) is 146 Å². The Hall–Kier alpha value is -4.99. The number of halogens is 16. The molecular formula is C39H36F16N2O9. The number of nitrogens with zero attached hydrogens (tertiary/aromatic N) is 1. The molecule has 0 spiro atoms. The van der Waals surface area contributed by atoms with Gasteiger partial charge in [-0.1, -0.05) is 54.6 Å². The van der Waals surface area contributed by atoms with Crippen molar-refractivity contribution in [2.75, 3.05) is 59.3 Å². The average Bonchev–Trinajstić information content (AvgIpc) is 3.21. The van der Waals surface area contributed by atoms with Crippen molar-refractivity contribution in [3.8, 4) is 0 Å². The van der Waals surface area contributed by atoms with Crippen LogP contribution in [0.15, 0.2) is 54.6 Å². The smallest absolute Gasteiger partial charge is 0.385 e. The Kier molecular flexibility index (Phi) is 16.0. The number of ether oxygens (including phenoxy) is 4. The lowest BCUT2D eigenvalue weighted by atomic mass is 9.87. The van der Waals surface area contributed by atoms with E-state index in [0.717, 1.165) is 4.90 Å². The summed E-state index contributed by atoms with van der Waals surface area (Å²) in [5.41, 5.74) is 4.76. The van der Waals surface area contributed by atoms with Crippen molar-refractivity contribution in [1.29, 1.82) is 0 Å². The van der Waals surface area contributed by atoms with E-state index in [4.69, 9.17) is 25.4 Å². The fourth-order valence-electron chi connectivity index (χ4n) is 6.46. The monoisotopic (exact) mass is 980 g/mol. The van der Waals surface area contributed by atoms with E-state index in [1.807, 2.05) is 0 Å². The fraction of sp³-hybridized carbons (Fsp3) is 0.513. The second-order valence-corrected chi connectivity index (χ2v) is 14.6. The van der Waals surface area contributed by atoms with Gasteiger partial charge in [-0.05, 0) is 37.9 Å². The molecule has 368 valence electrons. The van der Waals surface area contributed by atoms with Gasteiger partial charge in [0.25, 0.3) is 0 Å². The number of benzene rings is 4. The van der Waals surface area contributed by atoms with Crippen molar-refractivity contribution in [3.05, 3.63) is 60.2 Å². The van der Waals surface area contributed by atoms with Gasteiger partial charge in [-0.2, -0.15) is 70.2 Å². The molecule has 4 rings (SSSR count). The Morgan fingerprint density at radius 1 is 0.545 bits per heavy atom. The number of carboxylic acid groups (broad SMARTS) is 2. The summed E-state index contributed by atoms with van der Waals surface area (Å²) >= 11 is 0. The first-order valence-electron chi connectivity index (χ1n) is 18.8. The largest absolute Gasteiger partial charge is 0.480 e. The fourth-order valence-corrected chi connectivity index (χ4v) is 6.46. The zero-order valence-corrected chi connectivity index (χ0v) is 33.4. The predicted octanol–water partition coefficient (Wildman–Crippen LogP) is 7.95. The van der Waals surface area contributed by atoms with Gasteiger partial charge in [0.15, 0.2) is 0 Å². The number of carbonyl (C=O) groups is 3. The minimum Gasteiger partial charge on any atom is -0.480 e. The van der Waals surface area contributed by atoms with Crippen molar-refractivity contribution in [2.45, 2.75) is 66.5 Å². The number of nitrogens with two attached hydrogens (primary N) is 1. The van der Waals surface area contributed by atoms with Crippen molar-refractivity contribution in [3.63, 3.8) is 0 Å². The van der Waals surface area contributed by atoms with Crippen LogP contribution in [0.4, 0.5) is 70.2 Å². The molecule has 66 heavy (non-hydrogen) atoms. The molecule has 0 aromatic heterocycles. The summed E-state index contributed by atoms with van der Waals surface area (Å²) in [6, 6.07) is 14.1. The van der Waals surface area contributed by atoms with E-state index in [9.17, 15) is 84.6 Å². The number of alkyl halides is 16. The molecule has 0 aliphatic heterocycles. The van der Waals surface area contributed by atoms with E-state index in [1.54, 1.807) is 36.4 Å². The topological polar surface area (TPSA) is 158 Å². The molecule has 4 N–H and O–H groups in total. The lowest BCUT2D eigenvalue weighted by Gasteiger charge is -2.43. The van der Waals surface area contributed by atoms with Gasteiger partial charge < -0.3 is 34.9 Å². The highest BCUT2D eigenvalue weighted by atomic mass is 19.4. The molecular weight excluding hydrogens is 944 g/mol. The lowest BCUT2D eigenvalue weighted by Crippen LogP contribution is -2.75. The molecule has 4 aromatic carbocycles. The highest BCUT2D eigenvalue weighted by Gasteiger charge is 2.94. The third-order valence-electron chi connectivity index (χ3n) is 10.00. The molecule has 1 unspecified atom stereocenters. The Morgan fingerprint density at radius 3 is 1.48 bits per heavy atom.